The van der Waals surface area contributed by atoms with Crippen molar-refractivity contribution < 1.29 is 4.42 Å². The fraction of sp³-hybridized carbons (Fsp3) is 0.417. The molecule has 1 aromatic heterocycles. The third kappa shape index (κ3) is 2.05. The van der Waals surface area contributed by atoms with E-state index in [9.17, 15) is 4.79 Å². The van der Waals surface area contributed by atoms with Gasteiger partial charge in [0.2, 0.25) is 0 Å². The van der Waals surface area contributed by atoms with Crippen LogP contribution in [0.5, 0.6) is 0 Å². The van der Waals surface area contributed by atoms with E-state index in [0.29, 0.717) is 11.1 Å². The number of nitrogens with zero attached hydrogens (tertiary/aromatic N) is 1. The summed E-state index contributed by atoms with van der Waals surface area (Å²) in [6, 6.07) is 5.60. The molecule has 2 heterocycles. The number of hydrogen-bond donors (Lipinski definition) is 3. The molecule has 0 saturated carbocycles. The van der Waals surface area contributed by atoms with Crippen LogP contribution in [0.25, 0.3) is 11.1 Å². The van der Waals surface area contributed by atoms with Crippen LogP contribution in [0.1, 0.15) is 11.7 Å². The Morgan fingerprint density at radius 1 is 1.33 bits per heavy atom. The van der Waals surface area contributed by atoms with Gasteiger partial charge in [-0.25, -0.2) is 4.79 Å². The minimum atomic E-state index is -0.433. The van der Waals surface area contributed by atoms with E-state index in [0.717, 1.165) is 31.7 Å². The van der Waals surface area contributed by atoms with Crippen molar-refractivity contribution in [3.05, 3.63) is 34.3 Å². The molecule has 1 aromatic carbocycles. The molecular weight excluding hydrogens is 232 g/mol. The Kier molecular flexibility index (Phi) is 2.91. The van der Waals surface area contributed by atoms with Crippen molar-refractivity contribution in [3.63, 3.8) is 0 Å². The predicted octanol–water partition coefficient (Wildman–Crippen LogP) is -0.0164. The molecule has 6 heteroatoms. The third-order valence-electron chi connectivity index (χ3n) is 3.33. The minimum absolute atomic E-state index is 0.156. The molecule has 0 aliphatic carbocycles. The van der Waals surface area contributed by atoms with Crippen molar-refractivity contribution in [1.82, 2.24) is 15.2 Å². The van der Waals surface area contributed by atoms with E-state index in [1.807, 2.05) is 18.2 Å². The maximum absolute atomic E-state index is 11.1. The molecule has 3 rings (SSSR count). The van der Waals surface area contributed by atoms with E-state index >= 15 is 0 Å². The molecule has 1 atom stereocenters. The summed E-state index contributed by atoms with van der Waals surface area (Å²) < 4.78 is 5.05. The second kappa shape index (κ2) is 4.56. The first kappa shape index (κ1) is 11.5. The van der Waals surface area contributed by atoms with Gasteiger partial charge in [0, 0.05) is 26.2 Å². The summed E-state index contributed by atoms with van der Waals surface area (Å²) >= 11 is 0. The zero-order chi connectivity index (χ0) is 12.5. The van der Waals surface area contributed by atoms with Crippen LogP contribution >= 0.6 is 0 Å². The van der Waals surface area contributed by atoms with Crippen LogP contribution in [-0.2, 0) is 0 Å². The number of rotatable bonds is 2. The summed E-state index contributed by atoms with van der Waals surface area (Å²) in [7, 11) is 0. The molecule has 0 spiro atoms. The van der Waals surface area contributed by atoms with E-state index in [2.05, 4.69) is 15.2 Å². The number of aromatic nitrogens is 1. The SMILES string of the molecule is NC(c1ccc2[nH]c(=O)oc2c1)N1CCNCC1. The summed E-state index contributed by atoms with van der Waals surface area (Å²) in [5.41, 5.74) is 8.46. The highest BCUT2D eigenvalue weighted by molar-refractivity contribution is 5.72. The van der Waals surface area contributed by atoms with Crippen molar-refractivity contribution in [2.24, 2.45) is 5.73 Å². The van der Waals surface area contributed by atoms with Gasteiger partial charge in [-0.2, -0.15) is 0 Å². The number of oxazole rings is 1. The number of aromatic amines is 1. The van der Waals surface area contributed by atoms with Crippen molar-refractivity contribution in [2.45, 2.75) is 6.17 Å². The van der Waals surface area contributed by atoms with Gasteiger partial charge in [-0.05, 0) is 17.7 Å². The number of nitrogens with one attached hydrogen (secondary N) is 2. The molecule has 96 valence electrons. The molecule has 1 unspecified atom stereocenters. The van der Waals surface area contributed by atoms with Gasteiger partial charge in [-0.1, -0.05) is 6.07 Å². The quantitative estimate of drug-likeness (QED) is 0.695. The maximum Gasteiger partial charge on any atom is 0.417 e. The minimum Gasteiger partial charge on any atom is -0.408 e. The standard InChI is InChI=1S/C12H16N4O2/c13-11(16-5-3-14-4-6-16)8-1-2-9-10(7-8)18-12(17)15-9/h1-2,7,11,14H,3-6,13H2,(H,15,17). The Morgan fingerprint density at radius 3 is 2.89 bits per heavy atom. The number of H-pyrrole nitrogens is 1. The number of fused-ring (bicyclic) bond motifs is 1. The van der Waals surface area contributed by atoms with E-state index in [1.165, 1.54) is 0 Å². The molecule has 4 N–H and O–H groups in total. The van der Waals surface area contributed by atoms with Crippen LogP contribution < -0.4 is 16.8 Å². The molecule has 0 bridgehead atoms. The number of benzene rings is 1. The van der Waals surface area contributed by atoms with E-state index in [4.69, 9.17) is 10.2 Å². The van der Waals surface area contributed by atoms with Gasteiger partial charge in [0.05, 0.1) is 11.7 Å². The summed E-state index contributed by atoms with van der Waals surface area (Å²) in [4.78, 5) is 15.9. The fourth-order valence-electron chi connectivity index (χ4n) is 2.32. The molecule has 0 amide bonds. The van der Waals surface area contributed by atoms with Gasteiger partial charge in [0.15, 0.2) is 5.58 Å². The normalized spacial score (nSPS) is 19.2. The van der Waals surface area contributed by atoms with Crippen LogP contribution in [0.15, 0.2) is 27.4 Å². The highest BCUT2D eigenvalue weighted by Gasteiger charge is 2.19. The van der Waals surface area contributed by atoms with Gasteiger partial charge in [-0.15, -0.1) is 0 Å². The van der Waals surface area contributed by atoms with Crippen molar-refractivity contribution in [2.75, 3.05) is 26.2 Å². The summed E-state index contributed by atoms with van der Waals surface area (Å²) in [5, 5.41) is 3.29. The van der Waals surface area contributed by atoms with Crippen LogP contribution in [-0.4, -0.2) is 36.1 Å². The molecule has 0 radical (unpaired) electrons. The zero-order valence-corrected chi connectivity index (χ0v) is 9.98. The van der Waals surface area contributed by atoms with Crippen LogP contribution in [0, 0.1) is 0 Å². The van der Waals surface area contributed by atoms with Gasteiger partial charge >= 0.3 is 5.76 Å². The number of piperazine rings is 1. The van der Waals surface area contributed by atoms with Crippen LogP contribution in [0.4, 0.5) is 0 Å². The average Bonchev–Trinajstić information content (AvgIpc) is 2.78. The number of nitrogens with two attached hydrogens (primary N) is 1. The van der Waals surface area contributed by atoms with Crippen molar-refractivity contribution in [3.8, 4) is 0 Å². The molecular formula is C12H16N4O2. The van der Waals surface area contributed by atoms with Crippen molar-refractivity contribution >= 4 is 11.1 Å². The summed E-state index contributed by atoms with van der Waals surface area (Å²) in [6.07, 6.45) is -0.156. The van der Waals surface area contributed by atoms with Gasteiger partial charge in [0.1, 0.15) is 0 Å². The lowest BCUT2D eigenvalue weighted by Gasteiger charge is -2.32. The zero-order valence-electron chi connectivity index (χ0n) is 9.98. The fourth-order valence-corrected chi connectivity index (χ4v) is 2.32. The van der Waals surface area contributed by atoms with E-state index in [1.54, 1.807) is 0 Å². The second-order valence-electron chi connectivity index (χ2n) is 4.50. The highest BCUT2D eigenvalue weighted by atomic mass is 16.4. The maximum atomic E-state index is 11.1. The van der Waals surface area contributed by atoms with Crippen molar-refractivity contribution in [1.29, 1.82) is 0 Å². The molecule has 1 aliphatic rings. The van der Waals surface area contributed by atoms with Gasteiger partial charge in [-0.3, -0.25) is 9.88 Å². The third-order valence-corrected chi connectivity index (χ3v) is 3.33. The second-order valence-corrected chi connectivity index (χ2v) is 4.50. The van der Waals surface area contributed by atoms with E-state index < -0.39 is 5.76 Å². The summed E-state index contributed by atoms with van der Waals surface area (Å²) in [6.45, 7) is 3.76. The Bertz CT molecular complexity index is 597. The molecule has 2 aromatic rings. The predicted molar refractivity (Wildman–Crippen MR) is 68.2 cm³/mol. The number of hydrogen-bond acceptors (Lipinski definition) is 5. The first-order valence-electron chi connectivity index (χ1n) is 6.07. The topological polar surface area (TPSA) is 87.3 Å². The molecule has 18 heavy (non-hydrogen) atoms. The Hall–Kier alpha value is -1.63. The van der Waals surface area contributed by atoms with E-state index in [-0.39, 0.29) is 6.17 Å². The van der Waals surface area contributed by atoms with Crippen LogP contribution in [0.2, 0.25) is 0 Å². The molecule has 1 aliphatic heterocycles. The first-order chi connectivity index (χ1) is 8.74. The highest BCUT2D eigenvalue weighted by Crippen LogP contribution is 2.20. The molecule has 1 fully saturated rings. The average molecular weight is 248 g/mol. The lowest BCUT2D eigenvalue weighted by molar-refractivity contribution is 0.177. The monoisotopic (exact) mass is 248 g/mol. The molecule has 6 nitrogen and oxygen atoms in total. The van der Waals surface area contributed by atoms with Gasteiger partial charge < -0.3 is 15.5 Å². The largest absolute Gasteiger partial charge is 0.417 e. The molecule has 1 saturated heterocycles. The smallest absolute Gasteiger partial charge is 0.408 e. The Morgan fingerprint density at radius 2 is 2.11 bits per heavy atom. The lowest BCUT2D eigenvalue weighted by Crippen LogP contribution is -2.47. The summed E-state index contributed by atoms with van der Waals surface area (Å²) in [5.74, 6) is -0.433. The Balaban J connectivity index is 1.90. The van der Waals surface area contributed by atoms with Gasteiger partial charge in [0.25, 0.3) is 0 Å². The lowest BCUT2D eigenvalue weighted by atomic mass is 10.1. The van der Waals surface area contributed by atoms with Crippen LogP contribution in [0.3, 0.4) is 0 Å². The Labute approximate surface area is 104 Å². The first-order valence-corrected chi connectivity index (χ1v) is 6.07.